The molecule has 0 spiro atoms. The van der Waals surface area contributed by atoms with E-state index in [0.717, 1.165) is 25.5 Å². The Hall–Kier alpha value is -1.05. The molecule has 1 heterocycles. The summed E-state index contributed by atoms with van der Waals surface area (Å²) in [6.07, 6.45) is 6.02. The summed E-state index contributed by atoms with van der Waals surface area (Å²) in [5, 5.41) is 0. The molecule has 1 aromatic heterocycles. The molecule has 0 radical (unpaired) electrons. The van der Waals surface area contributed by atoms with E-state index in [9.17, 15) is 4.79 Å². The van der Waals surface area contributed by atoms with Crippen molar-refractivity contribution in [3.8, 4) is 0 Å². The Morgan fingerprint density at radius 2 is 2.55 bits per heavy atom. The Morgan fingerprint density at radius 1 is 1.64 bits per heavy atom. The van der Waals surface area contributed by atoms with Gasteiger partial charge in [0.15, 0.2) is 0 Å². The molecule has 11 heavy (non-hydrogen) atoms. The number of nitrogens with one attached hydrogen (secondary N) is 1. The van der Waals surface area contributed by atoms with Gasteiger partial charge in [-0.15, -0.1) is 0 Å². The largest absolute Gasteiger partial charge is 0.365 e. The minimum absolute atomic E-state index is 0.251. The number of aryl methyl sites for hydroxylation is 1. The number of aldehydes is 1. The van der Waals surface area contributed by atoms with Crippen molar-refractivity contribution in [2.45, 2.75) is 19.3 Å². The van der Waals surface area contributed by atoms with Gasteiger partial charge in [-0.25, -0.2) is 0 Å². The number of carbonyl (C=O) groups excluding carboxylic acids is 1. The summed E-state index contributed by atoms with van der Waals surface area (Å²) >= 11 is 0. The first-order valence-electron chi connectivity index (χ1n) is 4.00. The van der Waals surface area contributed by atoms with Crippen molar-refractivity contribution in [3.63, 3.8) is 0 Å². The van der Waals surface area contributed by atoms with Crippen LogP contribution < -0.4 is 0 Å². The van der Waals surface area contributed by atoms with E-state index in [1.165, 1.54) is 11.3 Å². The normalized spacial score (nSPS) is 22.7. The van der Waals surface area contributed by atoms with Crippen LogP contribution in [0.25, 0.3) is 0 Å². The lowest BCUT2D eigenvalue weighted by Crippen LogP contribution is -2.14. The molecule has 1 aromatic rings. The highest BCUT2D eigenvalue weighted by Gasteiger charge is 2.17. The van der Waals surface area contributed by atoms with Crippen molar-refractivity contribution < 1.29 is 4.79 Å². The lowest BCUT2D eigenvalue weighted by molar-refractivity contribution is -0.111. The van der Waals surface area contributed by atoms with Crippen LogP contribution >= 0.6 is 0 Å². The maximum atomic E-state index is 10.5. The highest BCUT2D eigenvalue weighted by molar-refractivity contribution is 5.55. The fraction of sp³-hybridized carbons (Fsp3) is 0.444. The molecule has 58 valence electrons. The van der Waals surface area contributed by atoms with E-state index in [1.54, 1.807) is 0 Å². The molecule has 0 aliphatic heterocycles. The van der Waals surface area contributed by atoms with Gasteiger partial charge in [-0.05, 0) is 30.9 Å². The van der Waals surface area contributed by atoms with Crippen molar-refractivity contribution >= 4 is 6.29 Å². The van der Waals surface area contributed by atoms with E-state index in [1.807, 2.05) is 6.20 Å². The van der Waals surface area contributed by atoms with Gasteiger partial charge in [-0.1, -0.05) is 0 Å². The number of rotatable bonds is 1. The van der Waals surface area contributed by atoms with Crippen molar-refractivity contribution in [3.05, 3.63) is 23.5 Å². The Bertz CT molecular complexity index is 264. The Balaban J connectivity index is 2.24. The SMILES string of the molecule is O=CC1CCc2cc[nH]c2C1. The molecule has 1 unspecified atom stereocenters. The quantitative estimate of drug-likeness (QED) is 0.600. The van der Waals surface area contributed by atoms with Crippen LogP contribution in [-0.2, 0) is 17.6 Å². The summed E-state index contributed by atoms with van der Waals surface area (Å²) in [4.78, 5) is 13.6. The van der Waals surface area contributed by atoms with Gasteiger partial charge in [0.25, 0.3) is 0 Å². The summed E-state index contributed by atoms with van der Waals surface area (Å²) in [6.45, 7) is 0. The van der Waals surface area contributed by atoms with Crippen molar-refractivity contribution in [2.75, 3.05) is 0 Å². The predicted molar refractivity (Wildman–Crippen MR) is 42.4 cm³/mol. The van der Waals surface area contributed by atoms with Crippen LogP contribution in [0.4, 0.5) is 0 Å². The second-order valence-corrected chi connectivity index (χ2v) is 3.12. The number of fused-ring (bicyclic) bond motifs is 1. The number of hydrogen-bond donors (Lipinski definition) is 1. The highest BCUT2D eigenvalue weighted by atomic mass is 16.1. The van der Waals surface area contributed by atoms with Gasteiger partial charge in [-0.3, -0.25) is 0 Å². The summed E-state index contributed by atoms with van der Waals surface area (Å²) in [6, 6.07) is 2.11. The number of aromatic nitrogens is 1. The average molecular weight is 149 g/mol. The van der Waals surface area contributed by atoms with E-state index >= 15 is 0 Å². The second kappa shape index (κ2) is 2.53. The van der Waals surface area contributed by atoms with Gasteiger partial charge in [0.2, 0.25) is 0 Å². The Morgan fingerprint density at radius 3 is 3.36 bits per heavy atom. The van der Waals surface area contributed by atoms with Crippen molar-refractivity contribution in [1.29, 1.82) is 0 Å². The topological polar surface area (TPSA) is 32.9 Å². The Labute approximate surface area is 65.6 Å². The Kier molecular flexibility index (Phi) is 1.53. The summed E-state index contributed by atoms with van der Waals surface area (Å²) in [7, 11) is 0. The third-order valence-corrected chi connectivity index (χ3v) is 2.37. The van der Waals surface area contributed by atoms with Gasteiger partial charge in [0.1, 0.15) is 6.29 Å². The summed E-state index contributed by atoms with van der Waals surface area (Å²) < 4.78 is 0. The minimum Gasteiger partial charge on any atom is -0.365 e. The monoisotopic (exact) mass is 149 g/mol. The average Bonchev–Trinajstić information content (AvgIpc) is 2.50. The number of aromatic amines is 1. The van der Waals surface area contributed by atoms with Crippen LogP contribution in [0.1, 0.15) is 17.7 Å². The van der Waals surface area contributed by atoms with E-state index in [4.69, 9.17) is 0 Å². The number of hydrogen-bond acceptors (Lipinski definition) is 1. The minimum atomic E-state index is 0.251. The van der Waals surface area contributed by atoms with E-state index in [0.29, 0.717) is 0 Å². The predicted octanol–water partition coefficient (Wildman–Crippen LogP) is 1.32. The zero-order valence-electron chi connectivity index (χ0n) is 6.34. The molecule has 1 aliphatic rings. The highest BCUT2D eigenvalue weighted by Crippen LogP contribution is 2.22. The van der Waals surface area contributed by atoms with Crippen LogP contribution in [0.2, 0.25) is 0 Å². The van der Waals surface area contributed by atoms with E-state index in [-0.39, 0.29) is 5.92 Å². The fourth-order valence-corrected chi connectivity index (χ4v) is 1.68. The number of carbonyl (C=O) groups is 1. The van der Waals surface area contributed by atoms with Gasteiger partial charge < -0.3 is 9.78 Å². The number of H-pyrrole nitrogens is 1. The summed E-state index contributed by atoms with van der Waals surface area (Å²) in [5.41, 5.74) is 2.65. The molecule has 0 aromatic carbocycles. The first kappa shape index (κ1) is 6.65. The van der Waals surface area contributed by atoms with Gasteiger partial charge >= 0.3 is 0 Å². The van der Waals surface area contributed by atoms with Crippen LogP contribution in [0, 0.1) is 5.92 Å². The zero-order chi connectivity index (χ0) is 7.68. The third-order valence-electron chi connectivity index (χ3n) is 2.37. The van der Waals surface area contributed by atoms with Crippen LogP contribution in [0.3, 0.4) is 0 Å². The smallest absolute Gasteiger partial charge is 0.123 e. The maximum absolute atomic E-state index is 10.5. The molecule has 0 saturated carbocycles. The lowest BCUT2D eigenvalue weighted by atomic mass is 9.89. The van der Waals surface area contributed by atoms with Crippen molar-refractivity contribution in [2.24, 2.45) is 5.92 Å². The molecule has 2 nitrogen and oxygen atoms in total. The molecule has 0 amide bonds. The molecule has 1 N–H and O–H groups in total. The van der Waals surface area contributed by atoms with E-state index in [2.05, 4.69) is 11.1 Å². The van der Waals surface area contributed by atoms with Gasteiger partial charge in [-0.2, -0.15) is 0 Å². The van der Waals surface area contributed by atoms with Crippen LogP contribution in [0.15, 0.2) is 12.3 Å². The van der Waals surface area contributed by atoms with Crippen LogP contribution in [-0.4, -0.2) is 11.3 Å². The molecule has 0 saturated heterocycles. The maximum Gasteiger partial charge on any atom is 0.123 e. The summed E-state index contributed by atoms with van der Waals surface area (Å²) in [5.74, 6) is 0.251. The standard InChI is InChI=1S/C9H11NO/c11-6-7-1-2-8-3-4-10-9(8)5-7/h3-4,6-7,10H,1-2,5H2. The fourth-order valence-electron chi connectivity index (χ4n) is 1.68. The molecular weight excluding hydrogens is 138 g/mol. The van der Waals surface area contributed by atoms with Gasteiger partial charge in [0, 0.05) is 17.8 Å². The van der Waals surface area contributed by atoms with Gasteiger partial charge in [0.05, 0.1) is 0 Å². The molecule has 1 aliphatic carbocycles. The van der Waals surface area contributed by atoms with Crippen molar-refractivity contribution in [1.82, 2.24) is 4.98 Å². The first-order chi connectivity index (χ1) is 5.40. The molecule has 0 fully saturated rings. The molecule has 1 atom stereocenters. The van der Waals surface area contributed by atoms with E-state index < -0.39 is 0 Å². The second-order valence-electron chi connectivity index (χ2n) is 3.12. The third kappa shape index (κ3) is 1.09. The molecule has 2 rings (SSSR count). The molecular formula is C9H11NO. The molecule has 2 heteroatoms. The molecule has 0 bridgehead atoms. The van der Waals surface area contributed by atoms with Crippen LogP contribution in [0.5, 0.6) is 0 Å². The first-order valence-corrected chi connectivity index (χ1v) is 4.00. The lowest BCUT2D eigenvalue weighted by Gasteiger charge is -2.16. The zero-order valence-corrected chi connectivity index (χ0v) is 6.34.